The molecule has 0 aliphatic carbocycles. The first kappa shape index (κ1) is 85.6. The fourth-order valence-electron chi connectivity index (χ4n) is 12.2. The fourth-order valence-corrected chi connectivity index (χ4v) is 12.2. The molecule has 0 rings (SSSR count). The van der Waals surface area contributed by atoms with Gasteiger partial charge in [0.25, 0.3) is 0 Å². The van der Waals surface area contributed by atoms with Gasteiger partial charge in [-0.3, -0.25) is 9.59 Å². The number of aliphatic hydroxyl groups excluding tert-OH is 2. The molecule has 516 valence electrons. The zero-order chi connectivity index (χ0) is 63.5. The van der Waals surface area contributed by atoms with Crippen LogP contribution in [0.15, 0.2) is 60.8 Å². The normalized spacial score (nSPS) is 12.8. The molecule has 0 radical (unpaired) electrons. The van der Waals surface area contributed by atoms with Gasteiger partial charge >= 0.3 is 5.97 Å². The zero-order valence-corrected chi connectivity index (χ0v) is 59.2. The van der Waals surface area contributed by atoms with Crippen molar-refractivity contribution in [2.24, 2.45) is 0 Å². The van der Waals surface area contributed by atoms with Crippen molar-refractivity contribution in [1.82, 2.24) is 5.32 Å². The van der Waals surface area contributed by atoms with Gasteiger partial charge in [0.1, 0.15) is 0 Å². The molecule has 0 aromatic rings. The minimum Gasteiger partial charge on any atom is -0.466 e. The second-order valence-corrected chi connectivity index (χ2v) is 27.0. The Morgan fingerprint density at radius 1 is 0.318 bits per heavy atom. The second kappa shape index (κ2) is 77.0. The summed E-state index contributed by atoms with van der Waals surface area (Å²) >= 11 is 0. The van der Waals surface area contributed by atoms with Crippen molar-refractivity contribution in [1.29, 1.82) is 0 Å². The predicted octanol–water partition coefficient (Wildman–Crippen LogP) is 26.2. The van der Waals surface area contributed by atoms with Gasteiger partial charge in [-0.2, -0.15) is 0 Å². The van der Waals surface area contributed by atoms with E-state index in [9.17, 15) is 19.8 Å². The summed E-state index contributed by atoms with van der Waals surface area (Å²) in [7, 11) is 0. The highest BCUT2D eigenvalue weighted by molar-refractivity contribution is 5.76. The van der Waals surface area contributed by atoms with E-state index < -0.39 is 12.1 Å². The molecule has 0 saturated carbocycles. The van der Waals surface area contributed by atoms with E-state index >= 15 is 0 Å². The van der Waals surface area contributed by atoms with Gasteiger partial charge in [0.2, 0.25) is 5.91 Å². The zero-order valence-electron chi connectivity index (χ0n) is 59.2. The van der Waals surface area contributed by atoms with Gasteiger partial charge in [0.15, 0.2) is 0 Å². The number of aliphatic hydroxyl groups is 2. The third-order valence-corrected chi connectivity index (χ3v) is 18.3. The Balaban J connectivity index is 3.38. The van der Waals surface area contributed by atoms with Gasteiger partial charge in [-0.25, -0.2) is 0 Å². The number of unbranched alkanes of at least 4 members (excludes halogenated alkanes) is 55. The lowest BCUT2D eigenvalue weighted by atomic mass is 10.0. The molecule has 0 aliphatic rings. The molecule has 6 nitrogen and oxygen atoms in total. The molecule has 2 unspecified atom stereocenters. The fraction of sp³-hybridized carbons (Fsp3) is 0.854. The topological polar surface area (TPSA) is 95.9 Å². The quantitative estimate of drug-likeness (QED) is 0.0320. The second-order valence-electron chi connectivity index (χ2n) is 27.0. The van der Waals surface area contributed by atoms with Crippen LogP contribution in [0.4, 0.5) is 0 Å². The Morgan fingerprint density at radius 3 is 0.886 bits per heavy atom. The third kappa shape index (κ3) is 72.6. The summed E-state index contributed by atoms with van der Waals surface area (Å²) < 4.78 is 5.51. The van der Waals surface area contributed by atoms with Crippen molar-refractivity contribution in [3.63, 3.8) is 0 Å². The highest BCUT2D eigenvalue weighted by atomic mass is 16.5. The van der Waals surface area contributed by atoms with E-state index in [1.165, 1.54) is 340 Å². The highest BCUT2D eigenvalue weighted by Crippen LogP contribution is 2.19. The van der Waals surface area contributed by atoms with Crippen molar-refractivity contribution < 1.29 is 24.5 Å². The number of allylic oxidation sites excluding steroid dienone is 9. The van der Waals surface area contributed by atoms with E-state index in [0.717, 1.165) is 57.8 Å². The van der Waals surface area contributed by atoms with Crippen LogP contribution in [0.1, 0.15) is 425 Å². The average Bonchev–Trinajstić information content (AvgIpc) is 3.58. The van der Waals surface area contributed by atoms with Crippen LogP contribution in [0.3, 0.4) is 0 Å². The SMILES string of the molecule is CCCCC/C=C\C/C=C\CCCCCCCCCCCC(=O)OCCCCCCCCCCCCC/C=C\C/C=C\CCCCCCCCCCCCCCCCCCCC(=O)NC(CO)C(O)/C=C/CCCCCCCCCCCCCCCCC. The number of hydrogen-bond acceptors (Lipinski definition) is 5. The van der Waals surface area contributed by atoms with Crippen molar-refractivity contribution in [2.45, 2.75) is 437 Å². The van der Waals surface area contributed by atoms with Gasteiger partial charge in [-0.05, 0) is 96.3 Å². The molecule has 0 saturated heterocycles. The summed E-state index contributed by atoms with van der Waals surface area (Å²) in [6.45, 7) is 4.91. The Kier molecular flexibility index (Phi) is 74.9. The molecule has 0 aromatic carbocycles. The maximum atomic E-state index is 12.5. The Bertz CT molecular complexity index is 1520. The van der Waals surface area contributed by atoms with E-state index in [4.69, 9.17) is 4.74 Å². The van der Waals surface area contributed by atoms with Crippen LogP contribution in [0.25, 0.3) is 0 Å². The van der Waals surface area contributed by atoms with E-state index in [1.807, 2.05) is 6.08 Å². The van der Waals surface area contributed by atoms with Crippen LogP contribution < -0.4 is 5.32 Å². The molecule has 0 heterocycles. The van der Waals surface area contributed by atoms with E-state index in [1.54, 1.807) is 6.08 Å². The average molecular weight is 1230 g/mol. The largest absolute Gasteiger partial charge is 0.466 e. The number of ether oxygens (including phenoxy) is 1. The number of rotatable bonds is 74. The van der Waals surface area contributed by atoms with Crippen molar-refractivity contribution >= 4 is 11.9 Å². The molecule has 0 aliphatic heterocycles. The van der Waals surface area contributed by atoms with E-state index in [-0.39, 0.29) is 18.5 Å². The Hall–Kier alpha value is -2.44. The molecule has 88 heavy (non-hydrogen) atoms. The molecule has 0 fully saturated rings. The smallest absolute Gasteiger partial charge is 0.305 e. The van der Waals surface area contributed by atoms with Crippen LogP contribution in [0, 0.1) is 0 Å². The summed E-state index contributed by atoms with van der Waals surface area (Å²) in [4.78, 5) is 24.6. The monoisotopic (exact) mass is 1230 g/mol. The number of esters is 1. The molecule has 0 bridgehead atoms. The molecular formula is C82H153NO5. The number of amides is 1. The third-order valence-electron chi connectivity index (χ3n) is 18.3. The number of nitrogens with one attached hydrogen (secondary N) is 1. The van der Waals surface area contributed by atoms with Gasteiger partial charge in [0.05, 0.1) is 25.4 Å². The van der Waals surface area contributed by atoms with Crippen molar-refractivity contribution in [3.8, 4) is 0 Å². The van der Waals surface area contributed by atoms with E-state index in [2.05, 4.69) is 67.8 Å². The van der Waals surface area contributed by atoms with Crippen LogP contribution in [-0.4, -0.2) is 47.4 Å². The highest BCUT2D eigenvalue weighted by Gasteiger charge is 2.18. The number of hydrogen-bond donors (Lipinski definition) is 3. The first-order valence-electron chi connectivity index (χ1n) is 39.6. The molecule has 0 spiro atoms. The molecule has 3 N–H and O–H groups in total. The van der Waals surface area contributed by atoms with Crippen LogP contribution in [-0.2, 0) is 14.3 Å². The van der Waals surface area contributed by atoms with Crippen LogP contribution in [0.2, 0.25) is 0 Å². The van der Waals surface area contributed by atoms with Gasteiger partial charge < -0.3 is 20.3 Å². The van der Waals surface area contributed by atoms with Crippen molar-refractivity contribution in [3.05, 3.63) is 60.8 Å². The lowest BCUT2D eigenvalue weighted by molar-refractivity contribution is -0.143. The standard InChI is InChI=1S/C82H153NO5/c1-3-5-7-9-11-13-15-17-19-21-39-44-48-52-56-60-64-68-72-76-82(87)88-77-73-69-65-61-57-53-49-45-41-38-36-34-32-30-28-26-24-22-23-25-27-29-31-33-35-37-40-43-47-51-55-59-63-67-71-75-81(86)83-79(78-84)80(85)74-70-66-62-58-54-50-46-42-20-18-16-14-12-10-8-6-4-2/h11,13,17,19,24,26,30,32,70,74,79-80,84-85H,3-10,12,14-16,18,20-23,25,27-29,31,33-69,71-73,75-78H2,1-2H3,(H,83,86)/b13-11-,19-17-,26-24-,32-30-,74-70+. The summed E-state index contributed by atoms with van der Waals surface area (Å²) in [6.07, 6.45) is 103. The minimum absolute atomic E-state index is 0.0130. The van der Waals surface area contributed by atoms with Crippen LogP contribution in [0.5, 0.6) is 0 Å². The first-order valence-corrected chi connectivity index (χ1v) is 39.6. The summed E-state index contributed by atoms with van der Waals surface area (Å²) in [5.74, 6) is -0.0499. The lowest BCUT2D eigenvalue weighted by Crippen LogP contribution is -2.45. The Morgan fingerprint density at radius 2 is 0.568 bits per heavy atom. The Labute approximate surface area is 549 Å². The van der Waals surface area contributed by atoms with E-state index in [0.29, 0.717) is 19.4 Å². The van der Waals surface area contributed by atoms with Crippen molar-refractivity contribution in [2.75, 3.05) is 13.2 Å². The summed E-state index contributed by atoms with van der Waals surface area (Å²) in [5, 5.41) is 23.2. The van der Waals surface area contributed by atoms with Gasteiger partial charge in [0, 0.05) is 12.8 Å². The summed E-state index contributed by atoms with van der Waals surface area (Å²) in [6, 6.07) is -0.627. The minimum atomic E-state index is -0.844. The lowest BCUT2D eigenvalue weighted by Gasteiger charge is -2.20. The molecule has 6 heteroatoms. The maximum Gasteiger partial charge on any atom is 0.305 e. The number of carbonyl (C=O) groups is 2. The maximum absolute atomic E-state index is 12.5. The summed E-state index contributed by atoms with van der Waals surface area (Å²) in [5.41, 5.74) is 0. The molecular weight excluding hydrogens is 1080 g/mol. The first-order chi connectivity index (χ1) is 43.5. The van der Waals surface area contributed by atoms with Gasteiger partial charge in [-0.15, -0.1) is 0 Å². The molecule has 0 aromatic heterocycles. The van der Waals surface area contributed by atoms with Crippen LogP contribution >= 0.6 is 0 Å². The molecule has 2 atom stereocenters. The van der Waals surface area contributed by atoms with Gasteiger partial charge in [-0.1, -0.05) is 376 Å². The predicted molar refractivity (Wildman–Crippen MR) is 389 cm³/mol. The number of carbonyl (C=O) groups excluding carboxylic acids is 2. The molecule has 1 amide bonds.